The Bertz CT molecular complexity index is 1010. The minimum Gasteiger partial charge on any atom is -0.454 e. The summed E-state index contributed by atoms with van der Waals surface area (Å²) in [5, 5.41) is 8.14. The zero-order chi connectivity index (χ0) is 21.0. The normalized spacial score (nSPS) is 29.7. The van der Waals surface area contributed by atoms with Crippen LogP contribution in [0.5, 0.6) is 11.5 Å². The van der Waals surface area contributed by atoms with Gasteiger partial charge < -0.3 is 20.1 Å². The van der Waals surface area contributed by atoms with Crippen molar-refractivity contribution >= 4 is 28.3 Å². The fraction of sp³-hybridized carbons (Fsp3) is 0.522. The number of nitrogens with zero attached hydrogens (tertiary/aromatic N) is 1. The largest absolute Gasteiger partial charge is 0.454 e. The molecule has 0 unspecified atom stereocenters. The van der Waals surface area contributed by atoms with Gasteiger partial charge in [0.1, 0.15) is 0 Å². The Morgan fingerprint density at radius 1 is 1.06 bits per heavy atom. The SMILES string of the molecule is O=C(CNC(=O)C12CC3CC(CC(C3)C1)C2)Nc1nc(-c2ccc3c(c2)OCO3)cs1. The van der Waals surface area contributed by atoms with E-state index in [4.69, 9.17) is 9.47 Å². The maximum absolute atomic E-state index is 13.0. The van der Waals surface area contributed by atoms with Crippen LogP contribution < -0.4 is 20.1 Å². The topological polar surface area (TPSA) is 89.6 Å². The number of hydrogen-bond acceptors (Lipinski definition) is 6. The summed E-state index contributed by atoms with van der Waals surface area (Å²) in [7, 11) is 0. The first-order valence-electron chi connectivity index (χ1n) is 11.0. The highest BCUT2D eigenvalue weighted by molar-refractivity contribution is 7.14. The second kappa shape index (κ2) is 7.22. The molecule has 4 aliphatic carbocycles. The third-order valence-corrected chi connectivity index (χ3v) is 8.11. The van der Waals surface area contributed by atoms with Crippen LogP contribution in [0.3, 0.4) is 0 Å². The summed E-state index contributed by atoms with van der Waals surface area (Å²) in [6, 6.07) is 5.66. The summed E-state index contributed by atoms with van der Waals surface area (Å²) in [6.45, 7) is 0.214. The molecule has 162 valence electrons. The predicted octanol–water partition coefficient (Wildman–Crippen LogP) is 3.81. The van der Waals surface area contributed by atoms with E-state index in [0.29, 0.717) is 28.6 Å². The molecule has 7 nitrogen and oxygen atoms in total. The maximum atomic E-state index is 13.0. The molecule has 5 aliphatic rings. The second-order valence-corrected chi connectivity index (χ2v) is 10.4. The number of benzene rings is 1. The van der Waals surface area contributed by atoms with E-state index in [9.17, 15) is 9.59 Å². The highest BCUT2D eigenvalue weighted by Gasteiger charge is 2.54. The molecular formula is C23H25N3O4S. The molecule has 2 heterocycles. The Kier molecular flexibility index (Phi) is 4.45. The Labute approximate surface area is 184 Å². The molecule has 0 saturated heterocycles. The van der Waals surface area contributed by atoms with Crippen molar-refractivity contribution in [2.45, 2.75) is 38.5 Å². The lowest BCUT2D eigenvalue weighted by atomic mass is 9.49. The van der Waals surface area contributed by atoms with Crippen molar-refractivity contribution < 1.29 is 19.1 Å². The lowest BCUT2D eigenvalue weighted by molar-refractivity contribution is -0.146. The number of fused-ring (bicyclic) bond motifs is 1. The molecule has 7 rings (SSSR count). The van der Waals surface area contributed by atoms with E-state index in [2.05, 4.69) is 15.6 Å². The number of rotatable bonds is 5. The molecule has 31 heavy (non-hydrogen) atoms. The first kappa shape index (κ1) is 19.1. The van der Waals surface area contributed by atoms with Gasteiger partial charge >= 0.3 is 0 Å². The molecule has 0 radical (unpaired) electrons. The maximum Gasteiger partial charge on any atom is 0.245 e. The molecule has 4 fully saturated rings. The smallest absolute Gasteiger partial charge is 0.245 e. The zero-order valence-electron chi connectivity index (χ0n) is 17.2. The van der Waals surface area contributed by atoms with Gasteiger partial charge in [0.2, 0.25) is 18.6 Å². The van der Waals surface area contributed by atoms with E-state index >= 15 is 0 Å². The van der Waals surface area contributed by atoms with E-state index in [1.807, 2.05) is 23.6 Å². The van der Waals surface area contributed by atoms with Crippen LogP contribution in [0, 0.1) is 23.2 Å². The number of anilines is 1. The van der Waals surface area contributed by atoms with Gasteiger partial charge in [-0.2, -0.15) is 0 Å². The van der Waals surface area contributed by atoms with E-state index in [0.717, 1.165) is 36.3 Å². The Morgan fingerprint density at radius 2 is 1.77 bits per heavy atom. The quantitative estimate of drug-likeness (QED) is 0.740. The van der Waals surface area contributed by atoms with Crippen LogP contribution in [0.2, 0.25) is 0 Å². The fourth-order valence-corrected chi connectivity index (χ4v) is 7.16. The van der Waals surface area contributed by atoms with Crippen molar-refractivity contribution in [3.8, 4) is 22.8 Å². The van der Waals surface area contributed by atoms with E-state index in [-0.39, 0.29) is 30.6 Å². The molecule has 8 heteroatoms. The molecule has 1 aliphatic heterocycles. The molecule has 0 spiro atoms. The average Bonchev–Trinajstić information content (AvgIpc) is 3.39. The molecule has 4 saturated carbocycles. The van der Waals surface area contributed by atoms with Gasteiger partial charge in [0.05, 0.1) is 12.2 Å². The van der Waals surface area contributed by atoms with Crippen LogP contribution in [0.1, 0.15) is 38.5 Å². The summed E-state index contributed by atoms with van der Waals surface area (Å²) in [5.41, 5.74) is 1.43. The molecule has 1 aromatic carbocycles. The van der Waals surface area contributed by atoms with Crippen LogP contribution in [-0.4, -0.2) is 30.1 Å². The number of carbonyl (C=O) groups excluding carboxylic acids is 2. The minimum atomic E-state index is -0.246. The van der Waals surface area contributed by atoms with Crippen molar-refractivity contribution in [3.63, 3.8) is 0 Å². The molecule has 2 amide bonds. The number of ether oxygens (including phenoxy) is 2. The molecule has 2 aromatic rings. The van der Waals surface area contributed by atoms with Gasteiger partial charge in [0.15, 0.2) is 16.6 Å². The summed E-state index contributed by atoms with van der Waals surface area (Å²) < 4.78 is 10.8. The van der Waals surface area contributed by atoms with Gasteiger partial charge in [-0.3, -0.25) is 9.59 Å². The number of thiazole rings is 1. The van der Waals surface area contributed by atoms with E-state index in [1.54, 1.807) is 0 Å². The van der Waals surface area contributed by atoms with Gasteiger partial charge in [-0.1, -0.05) is 0 Å². The van der Waals surface area contributed by atoms with Crippen molar-refractivity contribution in [1.29, 1.82) is 0 Å². The van der Waals surface area contributed by atoms with Gasteiger partial charge in [0.25, 0.3) is 0 Å². The number of amides is 2. The van der Waals surface area contributed by atoms with Crippen LogP contribution >= 0.6 is 11.3 Å². The van der Waals surface area contributed by atoms with Crippen LogP contribution in [0.15, 0.2) is 23.6 Å². The summed E-state index contributed by atoms with van der Waals surface area (Å²) in [4.78, 5) is 30.0. The van der Waals surface area contributed by atoms with Crippen LogP contribution in [0.25, 0.3) is 11.3 Å². The monoisotopic (exact) mass is 439 g/mol. The average molecular weight is 440 g/mol. The predicted molar refractivity (Wildman–Crippen MR) is 116 cm³/mol. The first-order valence-corrected chi connectivity index (χ1v) is 11.9. The highest BCUT2D eigenvalue weighted by Crippen LogP contribution is 2.60. The van der Waals surface area contributed by atoms with Gasteiger partial charge in [-0.05, 0) is 74.5 Å². The molecule has 2 N–H and O–H groups in total. The number of aromatic nitrogens is 1. The third kappa shape index (κ3) is 3.46. The molecule has 4 bridgehead atoms. The van der Waals surface area contributed by atoms with E-state index in [1.165, 1.54) is 30.6 Å². The Balaban J connectivity index is 1.06. The number of nitrogens with one attached hydrogen (secondary N) is 2. The standard InChI is InChI=1S/C23H25N3O4S/c27-20(10-24-21(28)23-7-13-3-14(8-23)5-15(4-13)9-23)26-22-25-17(11-31-22)16-1-2-18-19(6-16)30-12-29-18/h1-2,6,11,13-15H,3-5,7-10,12H2,(H,24,28)(H,25,26,27). The second-order valence-electron chi connectivity index (χ2n) is 9.53. The summed E-state index contributed by atoms with van der Waals surface area (Å²) in [5.74, 6) is 3.36. The van der Waals surface area contributed by atoms with Gasteiger partial charge in [0, 0.05) is 16.4 Å². The first-order chi connectivity index (χ1) is 15.1. The number of carbonyl (C=O) groups is 2. The van der Waals surface area contributed by atoms with Gasteiger partial charge in [-0.15, -0.1) is 11.3 Å². The molecule has 0 atom stereocenters. The zero-order valence-corrected chi connectivity index (χ0v) is 18.0. The van der Waals surface area contributed by atoms with Crippen molar-refractivity contribution in [1.82, 2.24) is 10.3 Å². The van der Waals surface area contributed by atoms with E-state index < -0.39 is 0 Å². The fourth-order valence-electron chi connectivity index (χ4n) is 6.42. The van der Waals surface area contributed by atoms with Crippen molar-refractivity contribution in [3.05, 3.63) is 23.6 Å². The summed E-state index contributed by atoms with van der Waals surface area (Å²) in [6.07, 6.45) is 6.88. The number of hydrogen-bond donors (Lipinski definition) is 2. The van der Waals surface area contributed by atoms with Crippen molar-refractivity contribution in [2.75, 3.05) is 18.7 Å². The molecular weight excluding hydrogens is 414 g/mol. The summed E-state index contributed by atoms with van der Waals surface area (Å²) >= 11 is 1.36. The Hall–Kier alpha value is -2.61. The van der Waals surface area contributed by atoms with Gasteiger partial charge in [-0.25, -0.2) is 4.98 Å². The molecule has 1 aromatic heterocycles. The third-order valence-electron chi connectivity index (χ3n) is 7.35. The van der Waals surface area contributed by atoms with Crippen molar-refractivity contribution in [2.24, 2.45) is 23.2 Å². The van der Waals surface area contributed by atoms with Crippen LogP contribution in [-0.2, 0) is 9.59 Å². The minimum absolute atomic E-state index is 0.0144. The Morgan fingerprint density at radius 3 is 2.52 bits per heavy atom. The lowest BCUT2D eigenvalue weighted by Crippen LogP contribution is -2.54. The highest BCUT2D eigenvalue weighted by atomic mass is 32.1. The van der Waals surface area contributed by atoms with Crippen LogP contribution in [0.4, 0.5) is 5.13 Å². The lowest BCUT2D eigenvalue weighted by Gasteiger charge is -2.55.